The second-order valence-electron chi connectivity index (χ2n) is 5.58. The number of carbonyl (C=O) groups is 1. The molecule has 22 heavy (non-hydrogen) atoms. The van der Waals surface area contributed by atoms with Gasteiger partial charge in [0.15, 0.2) is 0 Å². The Kier molecular flexibility index (Phi) is 5.10. The SMILES string of the molecule is CCc1nocc1CN(C)C(=O)C1CCCN1CC(F)(F)F. The number of hydrogen-bond acceptors (Lipinski definition) is 4. The summed E-state index contributed by atoms with van der Waals surface area (Å²) in [7, 11) is 1.60. The van der Waals surface area contributed by atoms with Gasteiger partial charge in [0.2, 0.25) is 5.91 Å². The van der Waals surface area contributed by atoms with Gasteiger partial charge in [-0.2, -0.15) is 13.2 Å². The Hall–Kier alpha value is -1.57. The highest BCUT2D eigenvalue weighted by Crippen LogP contribution is 2.25. The number of aromatic nitrogens is 1. The first kappa shape index (κ1) is 16.8. The van der Waals surface area contributed by atoms with Gasteiger partial charge in [-0.25, -0.2) is 0 Å². The lowest BCUT2D eigenvalue weighted by molar-refractivity contribution is -0.154. The fourth-order valence-corrected chi connectivity index (χ4v) is 2.81. The van der Waals surface area contributed by atoms with Gasteiger partial charge >= 0.3 is 6.18 Å². The summed E-state index contributed by atoms with van der Waals surface area (Å²) in [5.74, 6) is -0.287. The predicted octanol–water partition coefficient (Wildman–Crippen LogP) is 2.22. The van der Waals surface area contributed by atoms with Crippen molar-refractivity contribution in [2.24, 2.45) is 0 Å². The summed E-state index contributed by atoms with van der Waals surface area (Å²) in [6.07, 6.45) is -1.06. The van der Waals surface area contributed by atoms with E-state index >= 15 is 0 Å². The summed E-state index contributed by atoms with van der Waals surface area (Å²) in [5, 5.41) is 3.84. The van der Waals surface area contributed by atoms with Gasteiger partial charge in [-0.3, -0.25) is 9.69 Å². The van der Waals surface area contributed by atoms with E-state index in [-0.39, 0.29) is 5.91 Å². The Bertz CT molecular complexity index is 516. The second-order valence-corrected chi connectivity index (χ2v) is 5.58. The molecule has 0 saturated carbocycles. The number of amides is 1. The van der Waals surface area contributed by atoms with Crippen molar-refractivity contribution in [2.45, 2.75) is 44.9 Å². The number of likely N-dealkylation sites (N-methyl/N-ethyl adjacent to an activating group) is 1. The molecule has 1 amide bonds. The molecule has 1 unspecified atom stereocenters. The maximum atomic E-state index is 12.6. The van der Waals surface area contributed by atoms with E-state index in [0.717, 1.165) is 11.3 Å². The van der Waals surface area contributed by atoms with E-state index in [1.165, 1.54) is 16.1 Å². The lowest BCUT2D eigenvalue weighted by Crippen LogP contribution is -2.46. The molecule has 1 saturated heterocycles. The molecule has 8 heteroatoms. The van der Waals surface area contributed by atoms with Crippen LogP contribution in [0.1, 0.15) is 31.0 Å². The first-order chi connectivity index (χ1) is 10.3. The molecule has 0 radical (unpaired) electrons. The molecule has 0 aromatic carbocycles. The quantitative estimate of drug-likeness (QED) is 0.835. The zero-order chi connectivity index (χ0) is 16.3. The summed E-state index contributed by atoms with van der Waals surface area (Å²) in [6.45, 7) is 1.48. The monoisotopic (exact) mass is 319 g/mol. The Morgan fingerprint density at radius 3 is 2.91 bits per heavy atom. The summed E-state index contributed by atoms with van der Waals surface area (Å²) in [5.41, 5.74) is 1.55. The van der Waals surface area contributed by atoms with Crippen LogP contribution in [0.2, 0.25) is 0 Å². The number of alkyl halides is 3. The number of hydrogen-bond donors (Lipinski definition) is 0. The van der Waals surface area contributed by atoms with Gasteiger partial charge < -0.3 is 9.42 Å². The summed E-state index contributed by atoms with van der Waals surface area (Å²) >= 11 is 0. The zero-order valence-corrected chi connectivity index (χ0v) is 12.7. The Labute approximate surface area is 127 Å². The number of likely N-dealkylation sites (tertiary alicyclic amines) is 1. The number of halogens is 3. The van der Waals surface area contributed by atoms with Crippen LogP contribution < -0.4 is 0 Å². The molecule has 5 nitrogen and oxygen atoms in total. The summed E-state index contributed by atoms with van der Waals surface area (Å²) < 4.78 is 42.6. The van der Waals surface area contributed by atoms with Crippen LogP contribution >= 0.6 is 0 Å². The van der Waals surface area contributed by atoms with Gasteiger partial charge in [0.25, 0.3) is 0 Å². The molecule has 2 heterocycles. The van der Waals surface area contributed by atoms with Crippen molar-refractivity contribution in [1.82, 2.24) is 15.0 Å². The van der Waals surface area contributed by atoms with E-state index in [1.54, 1.807) is 7.05 Å². The van der Waals surface area contributed by atoms with Gasteiger partial charge in [0, 0.05) is 12.6 Å². The third-order valence-electron chi connectivity index (χ3n) is 3.88. The largest absolute Gasteiger partial charge is 0.401 e. The fraction of sp³-hybridized carbons (Fsp3) is 0.714. The topological polar surface area (TPSA) is 49.6 Å². The molecule has 0 spiro atoms. The molecular formula is C14H20F3N3O2. The zero-order valence-electron chi connectivity index (χ0n) is 12.7. The molecule has 1 atom stereocenters. The second kappa shape index (κ2) is 6.68. The van der Waals surface area contributed by atoms with Crippen molar-refractivity contribution in [3.8, 4) is 0 Å². The van der Waals surface area contributed by atoms with Crippen molar-refractivity contribution in [2.75, 3.05) is 20.1 Å². The van der Waals surface area contributed by atoms with E-state index in [1.807, 2.05) is 6.92 Å². The van der Waals surface area contributed by atoms with Crippen LogP contribution in [-0.2, 0) is 17.8 Å². The third kappa shape index (κ3) is 4.00. The normalized spacial score (nSPS) is 19.6. The molecule has 0 N–H and O–H groups in total. The average Bonchev–Trinajstić information content (AvgIpc) is 3.04. The summed E-state index contributed by atoms with van der Waals surface area (Å²) in [4.78, 5) is 15.1. The molecule has 1 aromatic rings. The number of nitrogens with zero attached hydrogens (tertiary/aromatic N) is 3. The van der Waals surface area contributed by atoms with Crippen LogP contribution in [0, 0.1) is 0 Å². The highest BCUT2D eigenvalue weighted by Gasteiger charge is 2.39. The standard InChI is InChI=1S/C14H20F3N3O2/c1-3-11-10(8-22-18-11)7-19(2)13(21)12-5-4-6-20(12)9-14(15,16)17/h8,12H,3-7,9H2,1-2H3. The van der Waals surface area contributed by atoms with Crippen molar-refractivity contribution >= 4 is 5.91 Å². The van der Waals surface area contributed by atoms with Crippen LogP contribution in [0.4, 0.5) is 13.2 Å². The first-order valence-electron chi connectivity index (χ1n) is 7.29. The van der Waals surface area contributed by atoms with E-state index in [0.29, 0.717) is 32.4 Å². The maximum absolute atomic E-state index is 12.6. The minimum atomic E-state index is -4.29. The number of carbonyl (C=O) groups excluding carboxylic acids is 1. The van der Waals surface area contributed by atoms with Crippen LogP contribution in [0.25, 0.3) is 0 Å². The van der Waals surface area contributed by atoms with Crippen molar-refractivity contribution in [1.29, 1.82) is 0 Å². The van der Waals surface area contributed by atoms with Crippen LogP contribution in [-0.4, -0.2) is 53.2 Å². The highest BCUT2D eigenvalue weighted by atomic mass is 19.4. The molecule has 1 aliphatic heterocycles. The van der Waals surface area contributed by atoms with E-state index in [9.17, 15) is 18.0 Å². The van der Waals surface area contributed by atoms with Gasteiger partial charge in [0.1, 0.15) is 6.26 Å². The van der Waals surface area contributed by atoms with E-state index < -0.39 is 18.8 Å². The maximum Gasteiger partial charge on any atom is 0.401 e. The van der Waals surface area contributed by atoms with Crippen LogP contribution in [0.5, 0.6) is 0 Å². The average molecular weight is 319 g/mol. The van der Waals surface area contributed by atoms with Crippen molar-refractivity contribution in [3.05, 3.63) is 17.5 Å². The minimum Gasteiger partial charge on any atom is -0.364 e. The molecule has 1 fully saturated rings. The lowest BCUT2D eigenvalue weighted by Gasteiger charge is -2.28. The van der Waals surface area contributed by atoms with Crippen molar-refractivity contribution < 1.29 is 22.5 Å². The highest BCUT2D eigenvalue weighted by molar-refractivity contribution is 5.82. The minimum absolute atomic E-state index is 0.287. The van der Waals surface area contributed by atoms with Gasteiger partial charge in [0.05, 0.1) is 24.8 Å². The summed E-state index contributed by atoms with van der Waals surface area (Å²) in [6, 6.07) is -0.698. The van der Waals surface area contributed by atoms with Crippen LogP contribution in [0.15, 0.2) is 10.8 Å². The van der Waals surface area contributed by atoms with E-state index in [4.69, 9.17) is 4.52 Å². The molecule has 1 aliphatic rings. The van der Waals surface area contributed by atoms with Crippen LogP contribution in [0.3, 0.4) is 0 Å². The fourth-order valence-electron chi connectivity index (χ4n) is 2.81. The molecule has 2 rings (SSSR count). The Morgan fingerprint density at radius 2 is 2.27 bits per heavy atom. The molecule has 0 aliphatic carbocycles. The van der Waals surface area contributed by atoms with Gasteiger partial charge in [-0.05, 0) is 25.8 Å². The Balaban J connectivity index is 2.00. The third-order valence-corrected chi connectivity index (χ3v) is 3.88. The molecule has 124 valence electrons. The number of aryl methyl sites for hydroxylation is 1. The van der Waals surface area contributed by atoms with Crippen molar-refractivity contribution in [3.63, 3.8) is 0 Å². The Morgan fingerprint density at radius 1 is 1.55 bits per heavy atom. The van der Waals surface area contributed by atoms with Gasteiger partial charge in [-0.15, -0.1) is 0 Å². The van der Waals surface area contributed by atoms with E-state index in [2.05, 4.69) is 5.16 Å². The molecular weight excluding hydrogens is 299 g/mol. The van der Waals surface area contributed by atoms with Gasteiger partial charge in [-0.1, -0.05) is 12.1 Å². The first-order valence-corrected chi connectivity index (χ1v) is 7.29. The molecule has 0 bridgehead atoms. The predicted molar refractivity (Wildman–Crippen MR) is 73.0 cm³/mol. The molecule has 1 aromatic heterocycles. The smallest absolute Gasteiger partial charge is 0.364 e. The number of rotatable bonds is 5. The lowest BCUT2D eigenvalue weighted by atomic mass is 10.1.